The molecule has 88 valence electrons. The zero-order chi connectivity index (χ0) is 12.3. The van der Waals surface area contributed by atoms with E-state index in [1.54, 1.807) is 0 Å². The van der Waals surface area contributed by atoms with Crippen molar-refractivity contribution >= 4 is 17.5 Å². The molecule has 5 nitrogen and oxygen atoms in total. The van der Waals surface area contributed by atoms with E-state index in [2.05, 4.69) is 4.98 Å². The summed E-state index contributed by atoms with van der Waals surface area (Å²) < 4.78 is 13.2. The molecule has 0 aliphatic heterocycles. The van der Waals surface area contributed by atoms with E-state index in [1.165, 1.54) is 0 Å². The lowest BCUT2D eigenvalue weighted by Gasteiger charge is -2.17. The molecule has 0 spiro atoms. The van der Waals surface area contributed by atoms with Gasteiger partial charge in [-0.2, -0.15) is 0 Å². The van der Waals surface area contributed by atoms with Crippen molar-refractivity contribution in [2.24, 2.45) is 5.73 Å². The van der Waals surface area contributed by atoms with E-state index in [9.17, 15) is 19.4 Å². The minimum atomic E-state index is -1.58. The highest BCUT2D eigenvalue weighted by Crippen LogP contribution is 2.23. The van der Waals surface area contributed by atoms with Gasteiger partial charge in [-0.25, -0.2) is 9.37 Å². The van der Waals surface area contributed by atoms with Crippen LogP contribution in [0.15, 0.2) is 12.3 Å². The van der Waals surface area contributed by atoms with Crippen LogP contribution in [0.4, 0.5) is 4.39 Å². The summed E-state index contributed by atoms with van der Waals surface area (Å²) in [6.45, 7) is 0. The second-order valence-corrected chi connectivity index (χ2v) is 3.60. The summed E-state index contributed by atoms with van der Waals surface area (Å²) >= 11 is 5.51. The van der Waals surface area contributed by atoms with Gasteiger partial charge < -0.3 is 15.9 Å². The summed E-state index contributed by atoms with van der Waals surface area (Å²) in [7, 11) is 0. The molecule has 16 heavy (non-hydrogen) atoms. The minimum Gasteiger partial charge on any atom is -0.390 e. The third kappa shape index (κ3) is 3.13. The molecule has 0 aliphatic rings. The van der Waals surface area contributed by atoms with E-state index in [1.807, 2.05) is 0 Å². The number of carbonyl (C=O) groups excluding carboxylic acids is 1. The second kappa shape index (κ2) is 5.20. The number of aromatic nitrogens is 1. The van der Waals surface area contributed by atoms with Crippen molar-refractivity contribution in [2.75, 3.05) is 0 Å². The monoisotopic (exact) mass is 248 g/mol. The molecule has 4 N–H and O–H groups in total. The first-order valence-electron chi connectivity index (χ1n) is 4.37. The molecule has 1 aromatic rings. The number of halogens is 2. The summed E-state index contributed by atoms with van der Waals surface area (Å²) in [6, 6.07) is 1.08. The smallest absolute Gasteiger partial charge is 0.220 e. The average molecular weight is 249 g/mol. The Hall–Kier alpha value is -1.24. The fourth-order valence-electron chi connectivity index (χ4n) is 1.18. The van der Waals surface area contributed by atoms with Crippen LogP contribution in [0.2, 0.25) is 5.15 Å². The van der Waals surface area contributed by atoms with E-state index < -0.39 is 30.4 Å². The largest absolute Gasteiger partial charge is 0.390 e. The highest BCUT2D eigenvalue weighted by molar-refractivity contribution is 6.29. The lowest BCUT2D eigenvalue weighted by Crippen LogP contribution is -2.26. The van der Waals surface area contributed by atoms with E-state index in [0.29, 0.717) is 0 Å². The molecule has 1 rings (SSSR count). The molecule has 1 amide bonds. The minimum absolute atomic E-state index is 0.0262. The Kier molecular flexibility index (Phi) is 4.17. The standard InChI is InChI=1S/C9H10ClFN2O3/c10-7-1-4(5(11)3-13-7)9(16)6(14)2-8(12)15/h1,3,6,9,14,16H,2H2,(H2,12,15). The Bertz CT molecular complexity index is 402. The number of rotatable bonds is 4. The number of nitrogens with two attached hydrogens (primary N) is 1. The van der Waals surface area contributed by atoms with Crippen molar-refractivity contribution in [3.8, 4) is 0 Å². The Balaban J connectivity index is 2.90. The molecule has 0 aromatic carbocycles. The Morgan fingerprint density at radius 2 is 2.25 bits per heavy atom. The molecular formula is C9H10ClFN2O3. The number of carbonyl (C=O) groups is 1. The van der Waals surface area contributed by atoms with Crippen LogP contribution in [0.5, 0.6) is 0 Å². The molecule has 0 saturated carbocycles. The lowest BCUT2D eigenvalue weighted by molar-refractivity contribution is -0.121. The number of hydrogen-bond donors (Lipinski definition) is 3. The fraction of sp³-hybridized carbons (Fsp3) is 0.333. The van der Waals surface area contributed by atoms with Gasteiger partial charge in [0.1, 0.15) is 17.1 Å². The number of pyridine rings is 1. The van der Waals surface area contributed by atoms with Crippen molar-refractivity contribution in [3.05, 3.63) is 28.8 Å². The quantitative estimate of drug-likeness (QED) is 0.661. The van der Waals surface area contributed by atoms with Crippen LogP contribution in [0.3, 0.4) is 0 Å². The Labute approximate surface area is 95.7 Å². The molecule has 0 aliphatic carbocycles. The number of primary amides is 1. The molecule has 7 heteroatoms. The van der Waals surface area contributed by atoms with Crippen LogP contribution in [-0.2, 0) is 4.79 Å². The molecule has 1 aromatic heterocycles. The van der Waals surface area contributed by atoms with E-state index in [4.69, 9.17) is 17.3 Å². The first-order valence-corrected chi connectivity index (χ1v) is 4.75. The van der Waals surface area contributed by atoms with Crippen molar-refractivity contribution < 1.29 is 19.4 Å². The van der Waals surface area contributed by atoms with Gasteiger partial charge in [-0.15, -0.1) is 0 Å². The maximum atomic E-state index is 13.2. The summed E-state index contributed by atoms with van der Waals surface area (Å²) in [6.07, 6.45) is -2.71. The van der Waals surface area contributed by atoms with Gasteiger partial charge in [0, 0.05) is 5.56 Å². The van der Waals surface area contributed by atoms with Crippen molar-refractivity contribution in [3.63, 3.8) is 0 Å². The lowest BCUT2D eigenvalue weighted by atomic mass is 10.0. The van der Waals surface area contributed by atoms with Gasteiger partial charge in [0.05, 0.1) is 18.7 Å². The Morgan fingerprint density at radius 1 is 1.62 bits per heavy atom. The number of aliphatic hydroxyl groups excluding tert-OH is 2. The van der Waals surface area contributed by atoms with Crippen LogP contribution in [-0.4, -0.2) is 27.2 Å². The number of nitrogens with zero attached hydrogens (tertiary/aromatic N) is 1. The molecule has 0 saturated heterocycles. The Morgan fingerprint density at radius 3 is 2.81 bits per heavy atom. The molecular weight excluding hydrogens is 239 g/mol. The van der Waals surface area contributed by atoms with Gasteiger partial charge in [0.15, 0.2) is 0 Å². The maximum absolute atomic E-state index is 13.2. The predicted octanol–water partition coefficient (Wildman–Crippen LogP) is 0.144. The number of aliphatic hydroxyl groups is 2. The van der Waals surface area contributed by atoms with Gasteiger partial charge in [0.2, 0.25) is 5.91 Å². The highest BCUT2D eigenvalue weighted by Gasteiger charge is 2.23. The van der Waals surface area contributed by atoms with Crippen LogP contribution in [0.1, 0.15) is 18.1 Å². The van der Waals surface area contributed by atoms with E-state index >= 15 is 0 Å². The summed E-state index contributed by atoms with van der Waals surface area (Å²) in [4.78, 5) is 14.0. The second-order valence-electron chi connectivity index (χ2n) is 3.21. The molecule has 1 heterocycles. The first-order chi connectivity index (χ1) is 7.41. The normalized spacial score (nSPS) is 14.5. The highest BCUT2D eigenvalue weighted by atomic mass is 35.5. The van der Waals surface area contributed by atoms with Crippen LogP contribution < -0.4 is 5.73 Å². The average Bonchev–Trinajstić information content (AvgIpc) is 2.19. The van der Waals surface area contributed by atoms with Crippen LogP contribution in [0.25, 0.3) is 0 Å². The van der Waals surface area contributed by atoms with E-state index in [0.717, 1.165) is 12.3 Å². The SMILES string of the molecule is NC(=O)CC(O)C(O)c1cc(Cl)ncc1F. The van der Waals surface area contributed by atoms with Gasteiger partial charge >= 0.3 is 0 Å². The fourth-order valence-corrected chi connectivity index (χ4v) is 1.35. The molecule has 2 atom stereocenters. The van der Waals surface area contributed by atoms with Gasteiger partial charge in [-0.3, -0.25) is 4.79 Å². The van der Waals surface area contributed by atoms with Gasteiger partial charge in [-0.1, -0.05) is 11.6 Å². The van der Waals surface area contributed by atoms with Gasteiger partial charge in [0.25, 0.3) is 0 Å². The molecule has 0 bridgehead atoms. The third-order valence-electron chi connectivity index (χ3n) is 1.95. The zero-order valence-corrected chi connectivity index (χ0v) is 8.86. The maximum Gasteiger partial charge on any atom is 0.220 e. The molecule has 0 radical (unpaired) electrons. The number of hydrogen-bond acceptors (Lipinski definition) is 4. The summed E-state index contributed by atoms with van der Waals surface area (Å²) in [5.41, 5.74) is 4.61. The van der Waals surface area contributed by atoms with Crippen LogP contribution in [0, 0.1) is 5.82 Å². The first kappa shape index (κ1) is 12.8. The van der Waals surface area contributed by atoms with Crippen molar-refractivity contribution in [1.82, 2.24) is 4.98 Å². The van der Waals surface area contributed by atoms with E-state index in [-0.39, 0.29) is 10.7 Å². The van der Waals surface area contributed by atoms with Crippen LogP contribution >= 0.6 is 11.6 Å². The van der Waals surface area contributed by atoms with Gasteiger partial charge in [-0.05, 0) is 6.07 Å². The van der Waals surface area contributed by atoms with Crippen molar-refractivity contribution in [2.45, 2.75) is 18.6 Å². The summed E-state index contributed by atoms with van der Waals surface area (Å²) in [5.74, 6) is -1.62. The molecule has 0 fully saturated rings. The topological polar surface area (TPSA) is 96.4 Å². The zero-order valence-electron chi connectivity index (χ0n) is 8.10. The predicted molar refractivity (Wildman–Crippen MR) is 54.0 cm³/mol. The number of amides is 1. The third-order valence-corrected chi connectivity index (χ3v) is 2.15. The summed E-state index contributed by atoms with van der Waals surface area (Å²) in [5, 5.41) is 18.9. The molecule has 2 unspecified atom stereocenters. The van der Waals surface area contributed by atoms with Crippen molar-refractivity contribution in [1.29, 1.82) is 0 Å².